The highest BCUT2D eigenvalue weighted by Gasteiger charge is 2.21. The van der Waals surface area contributed by atoms with Crippen LogP contribution in [-0.4, -0.2) is 29.2 Å². The first-order chi connectivity index (χ1) is 4.22. The van der Waals surface area contributed by atoms with Gasteiger partial charge in [0.25, 0.3) is 0 Å². The molecule has 0 fully saturated rings. The summed E-state index contributed by atoms with van der Waals surface area (Å²) in [5.74, 6) is -0.940. The van der Waals surface area contributed by atoms with Gasteiger partial charge >= 0.3 is 5.97 Å². The molecule has 1 aliphatic rings. The van der Waals surface area contributed by atoms with E-state index in [1.165, 1.54) is 6.34 Å². The lowest BCUT2D eigenvalue weighted by Gasteiger charge is -1.97. The second-order valence-corrected chi connectivity index (χ2v) is 1.78. The van der Waals surface area contributed by atoms with Crippen molar-refractivity contribution in [1.82, 2.24) is 0 Å². The number of carbonyl (C=O) groups is 1. The van der Waals surface area contributed by atoms with E-state index in [0.717, 1.165) is 0 Å². The lowest BCUT2D eigenvalue weighted by atomic mass is 10.2. The number of nitrogens with zero attached hydrogens (tertiary/aromatic N) is 2. The molecular formula is C5H6N2O2. The maximum atomic E-state index is 10.2. The number of hydrogen-bond donors (Lipinski definition) is 1. The molecule has 48 valence electrons. The molecule has 0 aromatic heterocycles. The maximum Gasteiger partial charge on any atom is 0.334 e. The number of aliphatic imine (C=N–C) groups is 2. The van der Waals surface area contributed by atoms with Gasteiger partial charge in [-0.1, -0.05) is 0 Å². The quantitative estimate of drug-likeness (QED) is 0.535. The van der Waals surface area contributed by atoms with Crippen molar-refractivity contribution >= 4 is 18.0 Å². The molecule has 1 unspecified atom stereocenters. The molecule has 1 rings (SSSR count). The van der Waals surface area contributed by atoms with Gasteiger partial charge in [0.05, 0.1) is 5.71 Å². The zero-order valence-electron chi connectivity index (χ0n) is 4.90. The monoisotopic (exact) mass is 126 g/mol. The standard InChI is InChI=1S/C5H6N2O2/c1-3-4(5(8)9)7-2-6-3/h2,4H,1H3,(H,8,9). The zero-order chi connectivity index (χ0) is 6.85. The third-order valence-corrected chi connectivity index (χ3v) is 1.11. The Morgan fingerprint density at radius 2 is 2.56 bits per heavy atom. The molecule has 0 amide bonds. The van der Waals surface area contributed by atoms with Gasteiger partial charge in [0.1, 0.15) is 6.34 Å². The van der Waals surface area contributed by atoms with Crippen LogP contribution in [0.4, 0.5) is 0 Å². The van der Waals surface area contributed by atoms with E-state index in [0.29, 0.717) is 5.71 Å². The first-order valence-corrected chi connectivity index (χ1v) is 2.50. The van der Waals surface area contributed by atoms with Crippen molar-refractivity contribution in [3.8, 4) is 0 Å². The molecule has 0 aliphatic carbocycles. The Hall–Kier alpha value is -1.19. The summed E-state index contributed by atoms with van der Waals surface area (Å²) < 4.78 is 0. The molecule has 1 aliphatic heterocycles. The van der Waals surface area contributed by atoms with Gasteiger partial charge in [0.2, 0.25) is 0 Å². The van der Waals surface area contributed by atoms with E-state index in [-0.39, 0.29) is 0 Å². The van der Waals surface area contributed by atoms with Crippen molar-refractivity contribution in [2.45, 2.75) is 13.0 Å². The summed E-state index contributed by atoms with van der Waals surface area (Å²) in [4.78, 5) is 17.5. The molecule has 0 aromatic carbocycles. The van der Waals surface area contributed by atoms with E-state index >= 15 is 0 Å². The maximum absolute atomic E-state index is 10.2. The molecule has 0 saturated heterocycles. The van der Waals surface area contributed by atoms with Crippen molar-refractivity contribution < 1.29 is 9.90 Å². The molecule has 4 nitrogen and oxygen atoms in total. The van der Waals surface area contributed by atoms with Crippen LogP contribution in [0.15, 0.2) is 9.98 Å². The van der Waals surface area contributed by atoms with E-state index in [1.807, 2.05) is 0 Å². The minimum atomic E-state index is -0.940. The van der Waals surface area contributed by atoms with Crippen molar-refractivity contribution in [3.63, 3.8) is 0 Å². The van der Waals surface area contributed by atoms with Crippen LogP contribution in [0.1, 0.15) is 6.92 Å². The molecule has 9 heavy (non-hydrogen) atoms. The summed E-state index contributed by atoms with van der Waals surface area (Å²) in [5, 5.41) is 8.39. The fourth-order valence-corrected chi connectivity index (χ4v) is 0.612. The van der Waals surface area contributed by atoms with Gasteiger partial charge < -0.3 is 5.11 Å². The molecule has 0 aromatic rings. The predicted molar refractivity (Wildman–Crippen MR) is 33.0 cm³/mol. The summed E-state index contributed by atoms with van der Waals surface area (Å²) in [6.45, 7) is 1.64. The van der Waals surface area contributed by atoms with Crippen LogP contribution in [0.5, 0.6) is 0 Å². The number of carboxylic acid groups (broad SMARTS) is 1. The van der Waals surface area contributed by atoms with Crippen molar-refractivity contribution in [2.75, 3.05) is 0 Å². The molecule has 1 N–H and O–H groups in total. The average molecular weight is 126 g/mol. The minimum Gasteiger partial charge on any atom is -0.479 e. The van der Waals surface area contributed by atoms with Gasteiger partial charge in [0.15, 0.2) is 6.04 Å². The van der Waals surface area contributed by atoms with Crippen LogP contribution in [-0.2, 0) is 4.79 Å². The molecule has 4 heteroatoms. The first-order valence-electron chi connectivity index (χ1n) is 2.50. The van der Waals surface area contributed by atoms with E-state index in [2.05, 4.69) is 9.98 Å². The fraction of sp³-hybridized carbons (Fsp3) is 0.400. The molecule has 0 bridgehead atoms. The molecule has 0 radical (unpaired) electrons. The predicted octanol–water partition coefficient (Wildman–Crippen LogP) is -0.0576. The Bertz CT molecular complexity index is 195. The van der Waals surface area contributed by atoms with Crippen LogP contribution in [0.25, 0.3) is 0 Å². The van der Waals surface area contributed by atoms with E-state index in [4.69, 9.17) is 5.11 Å². The van der Waals surface area contributed by atoms with Crippen molar-refractivity contribution in [2.24, 2.45) is 9.98 Å². The second-order valence-electron chi connectivity index (χ2n) is 1.78. The molecule has 1 atom stereocenters. The minimum absolute atomic E-state index is 0.544. The topological polar surface area (TPSA) is 62.0 Å². The van der Waals surface area contributed by atoms with Crippen molar-refractivity contribution in [3.05, 3.63) is 0 Å². The third-order valence-electron chi connectivity index (χ3n) is 1.11. The number of carboxylic acids is 1. The van der Waals surface area contributed by atoms with E-state index in [1.54, 1.807) is 6.92 Å². The van der Waals surface area contributed by atoms with Crippen LogP contribution in [0.2, 0.25) is 0 Å². The van der Waals surface area contributed by atoms with Crippen LogP contribution < -0.4 is 0 Å². The molecule has 0 spiro atoms. The highest BCUT2D eigenvalue weighted by Crippen LogP contribution is 2.00. The first kappa shape index (κ1) is 5.94. The van der Waals surface area contributed by atoms with E-state index in [9.17, 15) is 4.79 Å². The molecule has 1 heterocycles. The van der Waals surface area contributed by atoms with Crippen molar-refractivity contribution in [1.29, 1.82) is 0 Å². The average Bonchev–Trinajstić information content (AvgIpc) is 2.13. The number of rotatable bonds is 1. The Kier molecular flexibility index (Phi) is 1.30. The van der Waals surface area contributed by atoms with Crippen LogP contribution in [0, 0.1) is 0 Å². The lowest BCUT2D eigenvalue weighted by molar-refractivity contribution is -0.136. The Labute approximate surface area is 51.9 Å². The normalized spacial score (nSPS) is 24.1. The summed E-state index contributed by atoms with van der Waals surface area (Å²) in [5.41, 5.74) is 0.544. The van der Waals surface area contributed by atoms with E-state index < -0.39 is 12.0 Å². The van der Waals surface area contributed by atoms with Crippen LogP contribution in [0.3, 0.4) is 0 Å². The van der Waals surface area contributed by atoms with Crippen LogP contribution >= 0.6 is 0 Å². The van der Waals surface area contributed by atoms with Gasteiger partial charge in [-0.2, -0.15) is 0 Å². The largest absolute Gasteiger partial charge is 0.479 e. The molecule has 0 saturated carbocycles. The highest BCUT2D eigenvalue weighted by atomic mass is 16.4. The highest BCUT2D eigenvalue weighted by molar-refractivity contribution is 6.10. The number of aliphatic carboxylic acids is 1. The van der Waals surface area contributed by atoms with Gasteiger partial charge in [-0.25, -0.2) is 9.79 Å². The second kappa shape index (κ2) is 1.97. The van der Waals surface area contributed by atoms with Gasteiger partial charge in [-0.05, 0) is 6.92 Å². The SMILES string of the molecule is CC1=NC=NC1C(=O)O. The zero-order valence-corrected chi connectivity index (χ0v) is 4.90. The van der Waals surface area contributed by atoms with Gasteiger partial charge in [-0.15, -0.1) is 0 Å². The van der Waals surface area contributed by atoms with Gasteiger partial charge in [-0.3, -0.25) is 4.99 Å². The number of hydrogen-bond acceptors (Lipinski definition) is 3. The third kappa shape index (κ3) is 0.960. The lowest BCUT2D eigenvalue weighted by Crippen LogP contribution is -2.22. The Morgan fingerprint density at radius 1 is 1.89 bits per heavy atom. The molecular weight excluding hydrogens is 120 g/mol. The fourth-order valence-electron chi connectivity index (χ4n) is 0.612. The Balaban J connectivity index is 2.74. The Morgan fingerprint density at radius 3 is 2.78 bits per heavy atom. The van der Waals surface area contributed by atoms with Gasteiger partial charge in [0, 0.05) is 0 Å². The summed E-state index contributed by atoms with van der Waals surface area (Å²) in [7, 11) is 0. The smallest absolute Gasteiger partial charge is 0.334 e. The summed E-state index contributed by atoms with van der Waals surface area (Å²) in [6.07, 6.45) is 1.27. The summed E-state index contributed by atoms with van der Waals surface area (Å²) in [6, 6.07) is -0.731. The summed E-state index contributed by atoms with van der Waals surface area (Å²) >= 11 is 0.